The number of ether oxygens (including phenoxy) is 1. The molecule has 0 radical (unpaired) electrons. The van der Waals surface area contributed by atoms with E-state index < -0.39 is 0 Å². The van der Waals surface area contributed by atoms with Gasteiger partial charge in [-0.2, -0.15) is 0 Å². The third-order valence-corrected chi connectivity index (χ3v) is 4.34. The number of nitrogens with zero attached hydrogens (tertiary/aromatic N) is 1. The van der Waals surface area contributed by atoms with E-state index in [1.165, 1.54) is 0 Å². The molecule has 0 aromatic heterocycles. The van der Waals surface area contributed by atoms with Gasteiger partial charge < -0.3 is 4.74 Å². The predicted molar refractivity (Wildman–Crippen MR) is 75.4 cm³/mol. The molecular weight excluding hydrogens is 246 g/mol. The van der Waals surface area contributed by atoms with Gasteiger partial charge in [-0.05, 0) is 23.6 Å². The second-order valence-electron chi connectivity index (χ2n) is 4.65. The van der Waals surface area contributed by atoms with E-state index in [1.807, 2.05) is 24.3 Å². The van der Waals surface area contributed by atoms with Gasteiger partial charge in [-0.3, -0.25) is 4.79 Å². The number of hydrogen-bond donors (Lipinski definition) is 0. The zero-order chi connectivity index (χ0) is 13.1. The molecule has 96 valence electrons. The van der Waals surface area contributed by atoms with E-state index in [2.05, 4.69) is 18.8 Å². The van der Waals surface area contributed by atoms with Crippen molar-refractivity contribution in [2.24, 2.45) is 10.9 Å². The van der Waals surface area contributed by atoms with Crippen molar-refractivity contribution >= 4 is 22.7 Å². The lowest BCUT2D eigenvalue weighted by atomic mass is 10.1. The second kappa shape index (κ2) is 5.57. The zero-order valence-corrected chi connectivity index (χ0v) is 11.7. The van der Waals surface area contributed by atoms with Gasteiger partial charge in [0.25, 0.3) is 5.91 Å². The highest BCUT2D eigenvalue weighted by molar-refractivity contribution is 8.15. The topological polar surface area (TPSA) is 38.7 Å². The van der Waals surface area contributed by atoms with Gasteiger partial charge in [0.05, 0.1) is 17.4 Å². The van der Waals surface area contributed by atoms with Crippen LogP contribution in [0.1, 0.15) is 19.4 Å². The summed E-state index contributed by atoms with van der Waals surface area (Å²) in [5, 5.41) is 0.901. The summed E-state index contributed by atoms with van der Waals surface area (Å²) in [7, 11) is 1.65. The molecule has 0 saturated carbocycles. The number of carbonyl (C=O) groups is 1. The maximum Gasteiger partial charge on any atom is 0.260 e. The van der Waals surface area contributed by atoms with Crippen LogP contribution in [0.2, 0.25) is 0 Å². The number of amides is 1. The fourth-order valence-corrected chi connectivity index (χ4v) is 2.98. The molecule has 1 aromatic carbocycles. The summed E-state index contributed by atoms with van der Waals surface area (Å²) >= 11 is 1.59. The average molecular weight is 263 g/mol. The minimum atomic E-state index is -0.00870. The van der Waals surface area contributed by atoms with Crippen molar-refractivity contribution in [2.75, 3.05) is 7.11 Å². The standard InChI is InChI=1S/C14H17NO2S/c1-9(2)13-14(16)15-12(18-13)8-10-5-4-6-11(7-10)17-3/h4-7,9,13H,8H2,1-3H3. The summed E-state index contributed by atoms with van der Waals surface area (Å²) in [4.78, 5) is 15.8. The number of aliphatic imine (C=N–C) groups is 1. The Morgan fingerprint density at radius 1 is 1.44 bits per heavy atom. The Labute approximate surface area is 112 Å². The van der Waals surface area contributed by atoms with Crippen LogP contribution in [-0.4, -0.2) is 23.3 Å². The summed E-state index contributed by atoms with van der Waals surface area (Å²) < 4.78 is 5.19. The molecule has 18 heavy (non-hydrogen) atoms. The Balaban J connectivity index is 2.07. The normalized spacial score (nSPS) is 19.2. The minimum Gasteiger partial charge on any atom is -0.497 e. The van der Waals surface area contributed by atoms with Gasteiger partial charge >= 0.3 is 0 Å². The Bertz CT molecular complexity index is 482. The highest BCUT2D eigenvalue weighted by atomic mass is 32.2. The van der Waals surface area contributed by atoms with Crippen LogP contribution in [0.15, 0.2) is 29.3 Å². The lowest BCUT2D eigenvalue weighted by molar-refractivity contribution is -0.117. The predicted octanol–water partition coefficient (Wildman–Crippen LogP) is 2.93. The third kappa shape index (κ3) is 2.93. The van der Waals surface area contributed by atoms with Crippen LogP contribution in [0.5, 0.6) is 5.75 Å². The first kappa shape index (κ1) is 13.1. The summed E-state index contributed by atoms with van der Waals surface area (Å²) in [6.45, 7) is 4.11. The van der Waals surface area contributed by atoms with Gasteiger partial charge in [-0.15, -0.1) is 0 Å². The van der Waals surface area contributed by atoms with E-state index >= 15 is 0 Å². The van der Waals surface area contributed by atoms with Crippen LogP contribution in [0.3, 0.4) is 0 Å². The molecule has 1 aliphatic heterocycles. The van der Waals surface area contributed by atoms with Crippen LogP contribution < -0.4 is 4.74 Å². The van der Waals surface area contributed by atoms with Gasteiger partial charge in [0.1, 0.15) is 5.75 Å². The maximum atomic E-state index is 11.7. The molecular formula is C14H17NO2S. The lowest BCUT2D eigenvalue weighted by Gasteiger charge is -2.10. The summed E-state index contributed by atoms with van der Waals surface area (Å²) in [6.07, 6.45) is 0.705. The molecule has 1 heterocycles. The summed E-state index contributed by atoms with van der Waals surface area (Å²) in [5.41, 5.74) is 1.12. The first-order chi connectivity index (χ1) is 8.60. The van der Waals surface area contributed by atoms with Gasteiger partial charge in [-0.25, -0.2) is 4.99 Å². The van der Waals surface area contributed by atoms with Crippen molar-refractivity contribution < 1.29 is 9.53 Å². The van der Waals surface area contributed by atoms with E-state index in [4.69, 9.17) is 4.74 Å². The summed E-state index contributed by atoms with van der Waals surface area (Å²) in [6, 6.07) is 7.88. The van der Waals surface area contributed by atoms with Crippen molar-refractivity contribution in [3.63, 3.8) is 0 Å². The molecule has 0 spiro atoms. The van der Waals surface area contributed by atoms with Crippen molar-refractivity contribution in [1.82, 2.24) is 0 Å². The Kier molecular flexibility index (Phi) is 4.07. The molecule has 0 saturated heterocycles. The van der Waals surface area contributed by atoms with E-state index in [9.17, 15) is 4.79 Å². The van der Waals surface area contributed by atoms with Gasteiger partial charge in [0.2, 0.25) is 0 Å². The second-order valence-corrected chi connectivity index (χ2v) is 5.87. The van der Waals surface area contributed by atoms with E-state index in [1.54, 1.807) is 18.9 Å². The van der Waals surface area contributed by atoms with Gasteiger partial charge in [-0.1, -0.05) is 37.7 Å². The molecule has 1 aliphatic rings. The van der Waals surface area contributed by atoms with Gasteiger partial charge in [0.15, 0.2) is 0 Å². The first-order valence-corrected chi connectivity index (χ1v) is 6.89. The Hall–Kier alpha value is -1.29. The largest absolute Gasteiger partial charge is 0.497 e. The van der Waals surface area contributed by atoms with Crippen molar-refractivity contribution in [1.29, 1.82) is 0 Å². The average Bonchev–Trinajstić information content (AvgIpc) is 2.70. The molecule has 1 unspecified atom stereocenters. The number of carbonyl (C=O) groups excluding carboxylic acids is 1. The minimum absolute atomic E-state index is 0.00731. The highest BCUT2D eigenvalue weighted by Crippen LogP contribution is 2.30. The Morgan fingerprint density at radius 3 is 2.83 bits per heavy atom. The molecule has 1 amide bonds. The number of thioether (sulfide) groups is 1. The smallest absolute Gasteiger partial charge is 0.260 e. The van der Waals surface area contributed by atoms with Crippen molar-refractivity contribution in [3.8, 4) is 5.75 Å². The van der Waals surface area contributed by atoms with Crippen LogP contribution in [0.25, 0.3) is 0 Å². The maximum absolute atomic E-state index is 11.7. The first-order valence-electron chi connectivity index (χ1n) is 6.01. The van der Waals surface area contributed by atoms with E-state index in [0.29, 0.717) is 12.3 Å². The van der Waals surface area contributed by atoms with Crippen molar-refractivity contribution in [3.05, 3.63) is 29.8 Å². The molecule has 4 heteroatoms. The van der Waals surface area contributed by atoms with Gasteiger partial charge in [0, 0.05) is 6.42 Å². The van der Waals surface area contributed by atoms with Crippen molar-refractivity contribution in [2.45, 2.75) is 25.5 Å². The molecule has 2 rings (SSSR count). The molecule has 0 aliphatic carbocycles. The van der Waals surface area contributed by atoms with Crippen LogP contribution >= 0.6 is 11.8 Å². The monoisotopic (exact) mass is 263 g/mol. The quantitative estimate of drug-likeness (QED) is 0.838. The molecule has 0 N–H and O–H groups in total. The van der Waals surface area contributed by atoms with E-state index in [-0.39, 0.29) is 11.2 Å². The van der Waals surface area contributed by atoms with Crippen LogP contribution in [0, 0.1) is 5.92 Å². The molecule has 3 nitrogen and oxygen atoms in total. The lowest BCUT2D eigenvalue weighted by Crippen LogP contribution is -2.17. The highest BCUT2D eigenvalue weighted by Gasteiger charge is 2.30. The SMILES string of the molecule is COc1cccc(CC2=NC(=O)C(C(C)C)S2)c1. The fourth-order valence-electron chi connectivity index (χ4n) is 1.87. The van der Waals surface area contributed by atoms with Crippen LogP contribution in [-0.2, 0) is 11.2 Å². The number of methoxy groups -OCH3 is 1. The van der Waals surface area contributed by atoms with E-state index in [0.717, 1.165) is 16.4 Å². The number of hydrogen-bond acceptors (Lipinski definition) is 3. The van der Waals surface area contributed by atoms with Crippen LogP contribution in [0.4, 0.5) is 0 Å². The summed E-state index contributed by atoms with van der Waals surface area (Å²) in [5.74, 6) is 1.17. The molecule has 1 atom stereocenters. The zero-order valence-electron chi connectivity index (χ0n) is 10.8. The fraction of sp³-hybridized carbons (Fsp3) is 0.429. The molecule has 0 bridgehead atoms. The molecule has 0 fully saturated rings. The third-order valence-electron chi connectivity index (χ3n) is 2.84. The number of benzene rings is 1. The molecule has 1 aromatic rings. The Morgan fingerprint density at radius 2 is 2.22 bits per heavy atom. The number of rotatable bonds is 4.